The average Bonchev–Trinajstić information content (AvgIpc) is 2.00. The second-order valence-electron chi connectivity index (χ2n) is 3.72. The summed E-state index contributed by atoms with van der Waals surface area (Å²) in [5.41, 5.74) is 0. The van der Waals surface area contributed by atoms with Crippen LogP contribution < -0.4 is 0 Å². The topological polar surface area (TPSA) is 37.3 Å². The predicted molar refractivity (Wildman–Crippen MR) is 73.1 cm³/mol. The van der Waals surface area contributed by atoms with Gasteiger partial charge in [-0.3, -0.25) is 4.79 Å². The van der Waals surface area contributed by atoms with E-state index in [0.717, 1.165) is 0 Å². The molecule has 0 aliphatic rings. The zero-order valence-corrected chi connectivity index (χ0v) is 9.26. The van der Waals surface area contributed by atoms with E-state index in [1.54, 1.807) is 0 Å². The number of hydrogen-bond acceptors (Lipinski definition) is 1. The lowest BCUT2D eigenvalue weighted by atomic mass is 8.68. The second-order valence-corrected chi connectivity index (χ2v) is 3.72. The van der Waals surface area contributed by atoms with Crippen LogP contribution in [0, 0.1) is 5.92 Å². The lowest BCUT2D eigenvalue weighted by molar-refractivity contribution is -0.137. The molecule has 0 aromatic rings. The van der Waals surface area contributed by atoms with Crippen LogP contribution in [0.1, 0.15) is 20.3 Å². The largest absolute Gasteiger partial charge is 0.481 e. The molecular formula is C5H10B8O2. The van der Waals surface area contributed by atoms with Gasteiger partial charge in [0.2, 0.25) is 0 Å². The van der Waals surface area contributed by atoms with E-state index in [9.17, 15) is 4.79 Å². The Bertz CT molecular complexity index is 164. The van der Waals surface area contributed by atoms with E-state index in [4.69, 9.17) is 43.8 Å². The molecule has 0 rings (SSSR count). The van der Waals surface area contributed by atoms with Crippen LogP contribution in [0.2, 0.25) is 0 Å². The number of carbonyl (C=O) groups is 1. The van der Waals surface area contributed by atoms with Crippen molar-refractivity contribution < 1.29 is 9.90 Å². The van der Waals surface area contributed by atoms with Crippen molar-refractivity contribution in [3.8, 4) is 0 Å². The normalized spacial score (nSPS) is 8.73. The maximum atomic E-state index is 9.81. The maximum Gasteiger partial charge on any atom is 0.303 e. The van der Waals surface area contributed by atoms with Crippen molar-refractivity contribution in [1.29, 1.82) is 0 Å². The molecule has 0 amide bonds. The Morgan fingerprint density at radius 1 is 1.13 bits per heavy atom. The monoisotopic (exact) mass is 190 g/mol. The zero-order chi connectivity index (χ0) is 12.6. The molecule has 0 unspecified atom stereocenters. The Balaban J connectivity index is 0. The van der Waals surface area contributed by atoms with E-state index >= 15 is 0 Å². The molecule has 0 aliphatic heterocycles. The van der Waals surface area contributed by atoms with Gasteiger partial charge in [0.1, 0.15) is 0 Å². The van der Waals surface area contributed by atoms with Crippen LogP contribution in [0.15, 0.2) is 0 Å². The molecule has 0 fully saturated rings. The second kappa shape index (κ2) is 9.23. The molecule has 0 aromatic heterocycles. The summed E-state index contributed by atoms with van der Waals surface area (Å²) >= 11 is 0. The summed E-state index contributed by atoms with van der Waals surface area (Å²) < 4.78 is 0. The van der Waals surface area contributed by atoms with Crippen molar-refractivity contribution in [1.82, 2.24) is 0 Å². The molecule has 0 atom stereocenters. The van der Waals surface area contributed by atoms with Gasteiger partial charge in [-0.1, -0.05) is 13.8 Å². The highest BCUT2D eigenvalue weighted by Crippen LogP contribution is 1.96. The highest BCUT2D eigenvalue weighted by Gasteiger charge is 2.14. The third kappa shape index (κ3) is 14.0. The first-order valence-electron chi connectivity index (χ1n) is 4.68. The van der Waals surface area contributed by atoms with Gasteiger partial charge in [-0.05, 0) is 5.92 Å². The van der Waals surface area contributed by atoms with E-state index < -0.39 is 25.1 Å². The van der Waals surface area contributed by atoms with Gasteiger partial charge in [0, 0.05) is 64.3 Å². The standard InChI is InChI=1S/C5H10O2.B8/c1-4(2)3-5(6)7;1-6(2)8(5)7(3)4/h4H,3H2,1-2H3,(H,6,7);. The summed E-state index contributed by atoms with van der Waals surface area (Å²) in [6.07, 6.45) is -1.50. The molecular weight excluding hydrogens is 179 g/mol. The summed E-state index contributed by atoms with van der Waals surface area (Å²) in [6, 6.07) is 0. The molecule has 0 aromatic carbocycles. The lowest BCUT2D eigenvalue weighted by Gasteiger charge is -2.13. The van der Waals surface area contributed by atoms with Gasteiger partial charge in [-0.25, -0.2) is 0 Å². The van der Waals surface area contributed by atoms with E-state index in [1.165, 1.54) is 0 Å². The lowest BCUT2D eigenvalue weighted by Crippen LogP contribution is -2.52. The van der Waals surface area contributed by atoms with E-state index in [0.29, 0.717) is 0 Å². The van der Waals surface area contributed by atoms with Crippen molar-refractivity contribution in [3.05, 3.63) is 0 Å². The van der Waals surface area contributed by atoms with Gasteiger partial charge in [0.15, 0.2) is 0 Å². The van der Waals surface area contributed by atoms with E-state index in [1.807, 2.05) is 13.8 Å². The maximum absolute atomic E-state index is 9.81. The van der Waals surface area contributed by atoms with Crippen LogP contribution in [0.3, 0.4) is 0 Å². The smallest absolute Gasteiger partial charge is 0.303 e. The van der Waals surface area contributed by atoms with Crippen molar-refractivity contribution in [2.24, 2.45) is 5.92 Å². The van der Waals surface area contributed by atoms with E-state index in [-0.39, 0.29) is 12.3 Å². The van der Waals surface area contributed by atoms with Crippen molar-refractivity contribution in [2.45, 2.75) is 20.3 Å². The van der Waals surface area contributed by atoms with Gasteiger partial charge < -0.3 is 5.11 Å². The predicted octanol–water partition coefficient (Wildman–Crippen LogP) is -1.93. The molecule has 10 heteroatoms. The molecule has 66 valence electrons. The Morgan fingerprint density at radius 3 is 1.47 bits per heavy atom. The molecule has 15 heavy (non-hydrogen) atoms. The Kier molecular flexibility index (Phi) is 10.7. The summed E-state index contributed by atoms with van der Waals surface area (Å²) in [6.45, 7) is 3.77. The number of aliphatic carboxylic acids is 1. The number of carboxylic acid groups (broad SMARTS) is 1. The van der Waals surface area contributed by atoms with Gasteiger partial charge in [-0.15, -0.1) is 0 Å². The molecule has 0 saturated heterocycles. The van der Waals surface area contributed by atoms with Crippen LogP contribution in [0.25, 0.3) is 0 Å². The fourth-order valence-electron chi connectivity index (χ4n) is 0.606. The summed E-state index contributed by atoms with van der Waals surface area (Å²) in [5, 5.41) is 8.08. The fourth-order valence-corrected chi connectivity index (χ4v) is 0.606. The fraction of sp³-hybridized carbons (Fsp3) is 0.800. The first kappa shape index (κ1) is 17.4. The summed E-state index contributed by atoms with van der Waals surface area (Å²) in [5.74, 6) is -0.438. The van der Waals surface area contributed by atoms with Gasteiger partial charge in [-0.2, -0.15) is 0 Å². The van der Waals surface area contributed by atoms with Crippen molar-refractivity contribution in [3.63, 3.8) is 0 Å². The number of carboxylic acids is 1. The quantitative estimate of drug-likeness (QED) is 0.522. The van der Waals surface area contributed by atoms with Crippen LogP contribution in [0.4, 0.5) is 0 Å². The molecule has 0 spiro atoms. The summed E-state index contributed by atoms with van der Waals surface area (Å²) in [7, 11) is 25.8. The number of hydrogen-bond donors (Lipinski definition) is 1. The van der Waals surface area contributed by atoms with Crippen LogP contribution >= 0.6 is 0 Å². The SMILES string of the molecule is CC(C)CC(=O)O.[B]B([B])B([B])B([B])[B]. The zero-order valence-electron chi connectivity index (χ0n) is 9.26. The molecule has 0 bridgehead atoms. The Labute approximate surface area is 100 Å². The highest BCUT2D eigenvalue weighted by atomic mass is 16.4. The minimum absolute atomic E-state index is 0.275. The molecule has 0 saturated carbocycles. The average molecular weight is 189 g/mol. The first-order chi connectivity index (χ1) is 6.68. The van der Waals surface area contributed by atoms with Crippen LogP contribution in [-0.4, -0.2) is 68.9 Å². The van der Waals surface area contributed by atoms with Crippen LogP contribution in [0.5, 0.6) is 0 Å². The van der Waals surface area contributed by atoms with Gasteiger partial charge in [0.25, 0.3) is 0 Å². The van der Waals surface area contributed by atoms with Gasteiger partial charge in [0.05, 0.1) is 0 Å². The Morgan fingerprint density at radius 2 is 1.47 bits per heavy atom. The summed E-state index contributed by atoms with van der Waals surface area (Å²) in [4.78, 5) is 9.81. The molecule has 1 N–H and O–H groups in total. The minimum Gasteiger partial charge on any atom is -0.481 e. The Hall–Kier alpha value is -0.0105. The van der Waals surface area contributed by atoms with Crippen molar-refractivity contribution in [2.75, 3.05) is 0 Å². The first-order valence-corrected chi connectivity index (χ1v) is 4.68. The van der Waals surface area contributed by atoms with Crippen LogP contribution in [-0.2, 0) is 4.79 Å². The third-order valence-electron chi connectivity index (χ3n) is 1.47. The third-order valence-corrected chi connectivity index (χ3v) is 1.47. The minimum atomic E-state index is -0.713. The molecule has 2 nitrogen and oxygen atoms in total. The van der Waals surface area contributed by atoms with Crippen molar-refractivity contribution >= 4 is 63.8 Å². The molecule has 0 heterocycles. The molecule has 10 radical (unpaired) electrons. The van der Waals surface area contributed by atoms with Gasteiger partial charge >= 0.3 is 5.97 Å². The number of rotatable bonds is 4. The molecule has 0 aliphatic carbocycles. The van der Waals surface area contributed by atoms with E-state index in [2.05, 4.69) is 0 Å². The highest BCUT2D eigenvalue weighted by molar-refractivity contribution is 7.89.